The van der Waals surface area contributed by atoms with Gasteiger partial charge in [0.2, 0.25) is 0 Å². The van der Waals surface area contributed by atoms with Gasteiger partial charge in [-0.25, -0.2) is 9.97 Å². The van der Waals surface area contributed by atoms with E-state index in [0.717, 1.165) is 18.8 Å². The highest BCUT2D eigenvalue weighted by Gasteiger charge is 2.15. The maximum atomic E-state index is 11.8. The molecule has 0 unspecified atom stereocenters. The van der Waals surface area contributed by atoms with E-state index in [1.807, 2.05) is 36.4 Å². The van der Waals surface area contributed by atoms with Crippen molar-refractivity contribution in [2.45, 2.75) is 12.8 Å². The summed E-state index contributed by atoms with van der Waals surface area (Å²) in [7, 11) is 0. The zero-order valence-corrected chi connectivity index (χ0v) is 13.8. The zero-order chi connectivity index (χ0) is 17.2. The summed E-state index contributed by atoms with van der Waals surface area (Å²) in [6.45, 7) is 2.21. The number of nitrogens with zero attached hydrogens (tertiary/aromatic N) is 3. The molecule has 0 bridgehead atoms. The highest BCUT2D eigenvalue weighted by Crippen LogP contribution is 2.25. The fourth-order valence-electron chi connectivity index (χ4n) is 3.13. The first-order valence-corrected chi connectivity index (χ1v) is 8.39. The van der Waals surface area contributed by atoms with Crippen molar-refractivity contribution in [3.05, 3.63) is 54.2 Å². The summed E-state index contributed by atoms with van der Waals surface area (Å²) in [5, 5.41) is 3.17. The van der Waals surface area contributed by atoms with Gasteiger partial charge in [-0.15, -0.1) is 0 Å². The van der Waals surface area contributed by atoms with Crippen molar-refractivity contribution in [3.63, 3.8) is 0 Å². The number of nitrogens with two attached hydrogens (primary N) is 1. The van der Waals surface area contributed by atoms with Gasteiger partial charge in [-0.05, 0) is 49.2 Å². The van der Waals surface area contributed by atoms with E-state index in [0.29, 0.717) is 16.9 Å². The Morgan fingerprint density at radius 1 is 0.960 bits per heavy atom. The first kappa shape index (κ1) is 15.4. The smallest absolute Gasteiger partial charge is 0.271 e. The summed E-state index contributed by atoms with van der Waals surface area (Å²) in [4.78, 5) is 23.0. The number of benzene rings is 2. The van der Waals surface area contributed by atoms with Crippen molar-refractivity contribution in [3.8, 4) is 0 Å². The predicted molar refractivity (Wildman–Crippen MR) is 99.2 cm³/mol. The quantitative estimate of drug-likeness (QED) is 0.766. The van der Waals surface area contributed by atoms with E-state index in [1.54, 1.807) is 0 Å². The Labute approximate surface area is 145 Å². The van der Waals surface area contributed by atoms with Crippen LogP contribution in [0.25, 0.3) is 11.0 Å². The lowest BCUT2D eigenvalue weighted by Gasteiger charge is -2.18. The third-order valence-corrected chi connectivity index (χ3v) is 4.41. The summed E-state index contributed by atoms with van der Waals surface area (Å²) in [6, 6.07) is 15.5. The van der Waals surface area contributed by atoms with Gasteiger partial charge in [0, 0.05) is 24.5 Å². The molecule has 1 aromatic heterocycles. The van der Waals surface area contributed by atoms with Crippen molar-refractivity contribution in [1.29, 1.82) is 0 Å². The second-order valence-electron chi connectivity index (χ2n) is 6.14. The standard InChI is InChI=1S/C19H19N5O/c20-18(25)17-19(23-16-6-2-1-5-15(16)22-17)21-13-7-9-14(10-8-13)24-11-3-4-12-24/h1-2,5-10H,3-4,11-12H2,(H2,20,25)(H,21,23). The maximum Gasteiger partial charge on any atom is 0.271 e. The Hall–Kier alpha value is -3.15. The Kier molecular flexibility index (Phi) is 3.93. The van der Waals surface area contributed by atoms with Gasteiger partial charge in [0.1, 0.15) is 0 Å². The SMILES string of the molecule is NC(=O)c1nc2ccccc2nc1Nc1ccc(N2CCCC2)cc1. The number of carbonyl (C=O) groups excluding carboxylic acids is 1. The van der Waals surface area contributed by atoms with Crippen molar-refractivity contribution in [2.24, 2.45) is 5.73 Å². The molecule has 1 saturated heterocycles. The molecule has 25 heavy (non-hydrogen) atoms. The van der Waals surface area contributed by atoms with Gasteiger partial charge in [-0.1, -0.05) is 12.1 Å². The number of nitrogens with one attached hydrogen (secondary N) is 1. The monoisotopic (exact) mass is 333 g/mol. The van der Waals surface area contributed by atoms with E-state index >= 15 is 0 Å². The van der Waals surface area contributed by atoms with Crippen molar-refractivity contribution in [2.75, 3.05) is 23.3 Å². The molecular formula is C19H19N5O. The average molecular weight is 333 g/mol. The molecule has 2 heterocycles. The molecule has 0 spiro atoms. The van der Waals surface area contributed by atoms with Crippen LogP contribution in [0.4, 0.5) is 17.2 Å². The Balaban J connectivity index is 1.65. The lowest BCUT2D eigenvalue weighted by atomic mass is 10.2. The normalized spacial score (nSPS) is 14.0. The largest absolute Gasteiger partial charge is 0.372 e. The molecule has 6 nitrogen and oxygen atoms in total. The highest BCUT2D eigenvalue weighted by atomic mass is 16.1. The van der Waals surface area contributed by atoms with E-state index in [4.69, 9.17) is 5.73 Å². The topological polar surface area (TPSA) is 84.1 Å². The average Bonchev–Trinajstić information content (AvgIpc) is 3.16. The van der Waals surface area contributed by atoms with Crippen LogP contribution < -0.4 is 16.0 Å². The third-order valence-electron chi connectivity index (χ3n) is 4.41. The first-order valence-electron chi connectivity index (χ1n) is 8.39. The van der Waals surface area contributed by atoms with Crippen molar-refractivity contribution >= 4 is 34.1 Å². The summed E-state index contributed by atoms with van der Waals surface area (Å²) >= 11 is 0. The number of hydrogen-bond donors (Lipinski definition) is 2. The predicted octanol–water partition coefficient (Wildman–Crippen LogP) is 3.07. The second-order valence-corrected chi connectivity index (χ2v) is 6.14. The summed E-state index contributed by atoms with van der Waals surface area (Å²) < 4.78 is 0. The molecular weight excluding hydrogens is 314 g/mol. The maximum absolute atomic E-state index is 11.8. The van der Waals surface area contributed by atoms with E-state index < -0.39 is 5.91 Å². The van der Waals surface area contributed by atoms with Gasteiger partial charge in [0.05, 0.1) is 11.0 Å². The molecule has 6 heteroatoms. The Morgan fingerprint density at radius 3 is 2.24 bits per heavy atom. The summed E-state index contributed by atoms with van der Waals surface area (Å²) in [5.41, 5.74) is 9.03. The molecule has 0 atom stereocenters. The van der Waals surface area contributed by atoms with Crippen molar-refractivity contribution < 1.29 is 4.79 Å². The lowest BCUT2D eigenvalue weighted by Crippen LogP contribution is -2.17. The number of aromatic nitrogens is 2. The van der Waals surface area contributed by atoms with Crippen LogP contribution in [-0.2, 0) is 0 Å². The van der Waals surface area contributed by atoms with Crippen molar-refractivity contribution in [1.82, 2.24) is 9.97 Å². The molecule has 3 N–H and O–H groups in total. The van der Waals surface area contributed by atoms with Gasteiger partial charge < -0.3 is 16.0 Å². The van der Waals surface area contributed by atoms with Crippen LogP contribution >= 0.6 is 0 Å². The van der Waals surface area contributed by atoms with Crippen LogP contribution in [0.5, 0.6) is 0 Å². The number of amides is 1. The molecule has 126 valence electrons. The minimum absolute atomic E-state index is 0.141. The molecule has 3 aromatic rings. The molecule has 1 aliphatic rings. The molecule has 0 saturated carbocycles. The Morgan fingerprint density at radius 2 is 1.60 bits per heavy atom. The van der Waals surface area contributed by atoms with Gasteiger partial charge >= 0.3 is 0 Å². The summed E-state index contributed by atoms with van der Waals surface area (Å²) in [6.07, 6.45) is 2.49. The molecule has 1 fully saturated rings. The zero-order valence-electron chi connectivity index (χ0n) is 13.8. The van der Waals surface area contributed by atoms with E-state index in [-0.39, 0.29) is 5.69 Å². The highest BCUT2D eigenvalue weighted by molar-refractivity contribution is 5.98. The van der Waals surface area contributed by atoms with E-state index in [2.05, 4.69) is 32.3 Å². The number of carbonyl (C=O) groups is 1. The number of fused-ring (bicyclic) bond motifs is 1. The molecule has 0 aliphatic carbocycles. The number of hydrogen-bond acceptors (Lipinski definition) is 5. The summed E-state index contributed by atoms with van der Waals surface area (Å²) in [5.74, 6) is -0.227. The van der Waals surface area contributed by atoms with Gasteiger partial charge in [-0.3, -0.25) is 4.79 Å². The number of rotatable bonds is 4. The minimum atomic E-state index is -0.602. The number of anilines is 3. The van der Waals surface area contributed by atoms with Gasteiger partial charge in [-0.2, -0.15) is 0 Å². The van der Waals surface area contributed by atoms with Gasteiger partial charge in [0.25, 0.3) is 5.91 Å². The van der Waals surface area contributed by atoms with Crippen LogP contribution in [0.2, 0.25) is 0 Å². The van der Waals surface area contributed by atoms with Gasteiger partial charge in [0.15, 0.2) is 11.5 Å². The van der Waals surface area contributed by atoms with E-state index in [1.165, 1.54) is 18.5 Å². The van der Waals surface area contributed by atoms with Crippen LogP contribution in [0.15, 0.2) is 48.5 Å². The minimum Gasteiger partial charge on any atom is -0.372 e. The number of para-hydroxylation sites is 2. The molecule has 0 radical (unpaired) electrons. The molecule has 2 aromatic carbocycles. The van der Waals surface area contributed by atoms with Crippen LogP contribution in [-0.4, -0.2) is 29.0 Å². The molecule has 1 aliphatic heterocycles. The fourth-order valence-corrected chi connectivity index (χ4v) is 3.13. The number of primary amides is 1. The second kappa shape index (κ2) is 6.39. The van der Waals surface area contributed by atoms with Crippen LogP contribution in [0.1, 0.15) is 23.3 Å². The molecule has 4 rings (SSSR count). The lowest BCUT2D eigenvalue weighted by molar-refractivity contribution is 0.0996. The molecule has 1 amide bonds. The third kappa shape index (κ3) is 3.10. The van der Waals surface area contributed by atoms with Crippen LogP contribution in [0, 0.1) is 0 Å². The first-order chi connectivity index (χ1) is 12.2. The van der Waals surface area contributed by atoms with Crippen LogP contribution in [0.3, 0.4) is 0 Å². The Bertz CT molecular complexity index is 917. The fraction of sp³-hybridized carbons (Fsp3) is 0.211. The van der Waals surface area contributed by atoms with E-state index in [9.17, 15) is 4.79 Å².